The molecule has 1 atom stereocenters. The minimum Gasteiger partial charge on any atom is -0.303 e. The van der Waals surface area contributed by atoms with Crippen LogP contribution in [0.15, 0.2) is 40.9 Å². The number of nitrogens with zero attached hydrogens (tertiary/aromatic N) is 4. The number of hydrogen-bond donors (Lipinski definition) is 2. The van der Waals surface area contributed by atoms with Crippen molar-refractivity contribution in [2.24, 2.45) is 0 Å². The zero-order valence-electron chi connectivity index (χ0n) is 23.9. The van der Waals surface area contributed by atoms with Crippen LogP contribution in [0.2, 0.25) is 0 Å². The minimum atomic E-state index is -0.287. The Labute approximate surface area is 227 Å². The number of likely N-dealkylation sites (N-methyl/N-ethyl adjacent to an activating group) is 1. The van der Waals surface area contributed by atoms with Crippen molar-refractivity contribution in [2.75, 3.05) is 25.3 Å². The van der Waals surface area contributed by atoms with Gasteiger partial charge in [-0.2, -0.15) is 5.10 Å². The second-order valence-electron chi connectivity index (χ2n) is 6.32. The molecule has 1 aliphatic carbocycles. The summed E-state index contributed by atoms with van der Waals surface area (Å²) < 4.78 is 0. The summed E-state index contributed by atoms with van der Waals surface area (Å²) in [5.41, 5.74) is 2.77. The molecule has 2 aromatic rings. The highest BCUT2D eigenvalue weighted by Gasteiger charge is 2.21. The number of carbonyl (C=O) groups excluding carboxylic acids is 1. The summed E-state index contributed by atoms with van der Waals surface area (Å²) in [7, 11) is 4.12. The predicted octanol–water partition coefficient (Wildman–Crippen LogP) is 7.59. The van der Waals surface area contributed by atoms with E-state index in [-0.39, 0.29) is 5.91 Å². The van der Waals surface area contributed by atoms with Crippen molar-refractivity contribution in [1.29, 1.82) is 5.41 Å². The second-order valence-corrected chi connectivity index (χ2v) is 8.04. The van der Waals surface area contributed by atoms with Crippen molar-refractivity contribution in [3.05, 3.63) is 52.2 Å². The Kier molecular flexibility index (Phi) is 21.6. The Bertz CT molecular complexity index is 930. The van der Waals surface area contributed by atoms with Gasteiger partial charge in [-0.1, -0.05) is 73.6 Å². The fourth-order valence-corrected chi connectivity index (χ4v) is 3.95. The number of carbonyl (C=O) groups is 1. The van der Waals surface area contributed by atoms with Crippen molar-refractivity contribution >= 4 is 52.1 Å². The van der Waals surface area contributed by atoms with Gasteiger partial charge in [0.15, 0.2) is 5.13 Å². The number of anilines is 1. The SMILES string of the molecule is CC.CC.CC.CC.CS/C(=C\c1cn[nH]c1C1=CCC(N(C)C)C=C1)C(=O)N(C=N)c1nccs1. The van der Waals surface area contributed by atoms with Gasteiger partial charge in [0.25, 0.3) is 5.91 Å². The van der Waals surface area contributed by atoms with E-state index in [9.17, 15) is 4.79 Å². The number of hydrogen-bond acceptors (Lipinski definition) is 7. The summed E-state index contributed by atoms with van der Waals surface area (Å²) in [6.07, 6.45) is 15.3. The number of aromatic nitrogens is 3. The zero-order chi connectivity index (χ0) is 28.1. The Balaban J connectivity index is 0. The average molecular weight is 535 g/mol. The maximum atomic E-state index is 12.9. The standard InChI is InChI=1S/C19H22N6OS2.4C2H6/c1-24(2)15-6-4-13(5-7-15)17-14(11-22-23-17)10-16(27-3)18(26)25(12-20)19-21-8-9-28-19;4*1-2/h4-6,8-12,15,20H,7H2,1-3H3,(H,22,23);4*1-2H3/b16-10-,20-12?;;;;. The van der Waals surface area contributed by atoms with E-state index in [1.807, 2.05) is 67.7 Å². The molecule has 2 N–H and O–H groups in total. The maximum absolute atomic E-state index is 12.9. The molecule has 36 heavy (non-hydrogen) atoms. The Morgan fingerprint density at radius 3 is 2.25 bits per heavy atom. The number of H-pyrrole nitrogens is 1. The van der Waals surface area contributed by atoms with E-state index in [1.165, 1.54) is 28.0 Å². The Morgan fingerprint density at radius 2 is 1.81 bits per heavy atom. The van der Waals surface area contributed by atoms with Crippen molar-refractivity contribution in [3.63, 3.8) is 0 Å². The van der Waals surface area contributed by atoms with Crippen LogP contribution in [0.4, 0.5) is 5.13 Å². The van der Waals surface area contributed by atoms with Crippen molar-refractivity contribution in [1.82, 2.24) is 20.1 Å². The molecule has 0 saturated heterocycles. The largest absolute Gasteiger partial charge is 0.303 e. The van der Waals surface area contributed by atoms with Gasteiger partial charge in [0.05, 0.1) is 23.1 Å². The third-order valence-electron chi connectivity index (χ3n) is 4.39. The van der Waals surface area contributed by atoms with E-state index < -0.39 is 0 Å². The van der Waals surface area contributed by atoms with Crippen LogP contribution >= 0.6 is 23.1 Å². The molecule has 0 saturated carbocycles. The van der Waals surface area contributed by atoms with E-state index in [0.29, 0.717) is 16.1 Å². The third-order valence-corrected chi connectivity index (χ3v) is 5.89. The van der Waals surface area contributed by atoms with Gasteiger partial charge in [0.2, 0.25) is 0 Å². The molecule has 2 aromatic heterocycles. The van der Waals surface area contributed by atoms with Crippen LogP contribution in [0.5, 0.6) is 0 Å². The summed E-state index contributed by atoms with van der Waals surface area (Å²) in [5, 5.41) is 17.1. The lowest BCUT2D eigenvalue weighted by Gasteiger charge is -2.22. The molecule has 1 amide bonds. The number of thioether (sulfide) groups is 1. The van der Waals surface area contributed by atoms with Gasteiger partial charge in [-0.15, -0.1) is 23.1 Å². The maximum Gasteiger partial charge on any atom is 0.271 e. The zero-order valence-corrected chi connectivity index (χ0v) is 25.5. The lowest BCUT2D eigenvalue weighted by molar-refractivity contribution is -0.113. The van der Waals surface area contributed by atoms with Crippen molar-refractivity contribution in [2.45, 2.75) is 67.9 Å². The number of allylic oxidation sites excluding steroid dienone is 2. The highest BCUT2D eigenvalue weighted by atomic mass is 32.2. The number of rotatable bonds is 7. The fourth-order valence-electron chi connectivity index (χ4n) is 2.82. The average Bonchev–Trinajstić information content (AvgIpc) is 3.65. The van der Waals surface area contributed by atoms with Crippen LogP contribution in [0, 0.1) is 5.41 Å². The van der Waals surface area contributed by atoms with Crippen LogP contribution in [-0.2, 0) is 4.79 Å². The van der Waals surface area contributed by atoms with E-state index in [1.54, 1.807) is 17.8 Å². The van der Waals surface area contributed by atoms with Gasteiger partial charge in [-0.3, -0.25) is 15.3 Å². The monoisotopic (exact) mass is 534 g/mol. The first-order valence-electron chi connectivity index (χ1n) is 12.6. The summed E-state index contributed by atoms with van der Waals surface area (Å²) >= 11 is 2.65. The van der Waals surface area contributed by atoms with E-state index in [2.05, 4.69) is 52.4 Å². The first-order valence-corrected chi connectivity index (χ1v) is 14.7. The molecule has 0 aromatic carbocycles. The van der Waals surface area contributed by atoms with E-state index in [4.69, 9.17) is 5.41 Å². The van der Waals surface area contributed by atoms with Gasteiger partial charge in [0.1, 0.15) is 0 Å². The van der Waals surface area contributed by atoms with Gasteiger partial charge >= 0.3 is 0 Å². The molecule has 3 rings (SSSR count). The molecule has 2 heterocycles. The molecule has 1 aliphatic rings. The van der Waals surface area contributed by atoms with Crippen LogP contribution < -0.4 is 4.90 Å². The predicted molar refractivity (Wildman–Crippen MR) is 163 cm³/mol. The first kappa shape index (κ1) is 35.7. The number of thiazole rings is 1. The van der Waals surface area contributed by atoms with Gasteiger partial charge in [0, 0.05) is 23.2 Å². The van der Waals surface area contributed by atoms with E-state index in [0.717, 1.165) is 29.6 Å². The minimum absolute atomic E-state index is 0.287. The van der Waals surface area contributed by atoms with Crippen molar-refractivity contribution < 1.29 is 4.79 Å². The molecule has 0 fully saturated rings. The smallest absolute Gasteiger partial charge is 0.271 e. The second kappa shape index (κ2) is 21.8. The molecule has 1 unspecified atom stereocenters. The lowest BCUT2D eigenvalue weighted by atomic mass is 9.98. The number of nitrogens with one attached hydrogen (secondary N) is 2. The molecule has 9 heteroatoms. The summed E-state index contributed by atoms with van der Waals surface area (Å²) in [6, 6.07) is 0.383. The molecule has 0 bridgehead atoms. The Hall–Kier alpha value is -2.49. The topological polar surface area (TPSA) is 89.0 Å². The molecule has 202 valence electrons. The summed E-state index contributed by atoms with van der Waals surface area (Å²) in [6.45, 7) is 16.0. The van der Waals surface area contributed by atoms with Gasteiger partial charge < -0.3 is 4.90 Å². The number of amides is 1. The van der Waals surface area contributed by atoms with Crippen LogP contribution in [0.1, 0.15) is 73.1 Å². The van der Waals surface area contributed by atoms with Crippen molar-refractivity contribution in [3.8, 4) is 0 Å². The Morgan fingerprint density at radius 1 is 1.17 bits per heavy atom. The molecular formula is C27H46N6OS2. The van der Waals surface area contributed by atoms with E-state index >= 15 is 0 Å². The highest BCUT2D eigenvalue weighted by Crippen LogP contribution is 2.28. The quantitative estimate of drug-likeness (QED) is 0.217. The fraction of sp³-hybridized carbons (Fsp3) is 0.481. The summed E-state index contributed by atoms with van der Waals surface area (Å²) in [5.74, 6) is -0.287. The highest BCUT2D eigenvalue weighted by molar-refractivity contribution is 8.03. The normalized spacial score (nSPS) is 13.8. The number of aromatic amines is 1. The van der Waals surface area contributed by atoms with Crippen LogP contribution in [-0.4, -0.2) is 58.7 Å². The summed E-state index contributed by atoms with van der Waals surface area (Å²) in [4.78, 5) is 21.0. The lowest BCUT2D eigenvalue weighted by Crippen LogP contribution is -2.29. The van der Waals surface area contributed by atoms with Crippen LogP contribution in [0.25, 0.3) is 11.6 Å². The molecule has 7 nitrogen and oxygen atoms in total. The third kappa shape index (κ3) is 10.6. The molecule has 0 radical (unpaired) electrons. The molecule has 0 aliphatic heterocycles. The van der Waals surface area contributed by atoms with Gasteiger partial charge in [-0.05, 0) is 38.4 Å². The van der Waals surface area contributed by atoms with Crippen LogP contribution in [0.3, 0.4) is 0 Å². The molecular weight excluding hydrogens is 488 g/mol. The molecule has 0 spiro atoms. The van der Waals surface area contributed by atoms with Gasteiger partial charge in [-0.25, -0.2) is 9.88 Å². The first-order chi connectivity index (χ1) is 17.5.